The number of aromatic nitrogens is 2. The number of rotatable bonds is 3. The molecule has 0 aliphatic carbocycles. The number of nitrogens with zero attached hydrogens (tertiary/aromatic N) is 3. The van der Waals surface area contributed by atoms with Crippen LogP contribution in [0.1, 0.15) is 19.3 Å². The molecule has 7 nitrogen and oxygen atoms in total. The fourth-order valence-electron chi connectivity index (χ4n) is 3.85. The monoisotopic (exact) mass is 413 g/mol. The van der Waals surface area contributed by atoms with Crippen LogP contribution < -0.4 is 21.2 Å². The number of amides is 2. The summed E-state index contributed by atoms with van der Waals surface area (Å²) in [6, 6.07) is 10.5. The second-order valence-corrected chi connectivity index (χ2v) is 7.83. The number of fused-ring (bicyclic) bond motifs is 1. The lowest BCUT2D eigenvalue weighted by Crippen LogP contribution is -2.31. The fraction of sp³-hybridized carbons (Fsp3) is 0.333. The summed E-state index contributed by atoms with van der Waals surface area (Å²) in [4.78, 5) is 27.3. The van der Waals surface area contributed by atoms with Crippen molar-refractivity contribution in [2.75, 3.05) is 28.6 Å². The Labute approximate surface area is 173 Å². The number of benzene rings is 2. The number of anilines is 3. The number of hydrogen-bond donors (Lipinski definition) is 2. The first-order valence-electron chi connectivity index (χ1n) is 9.72. The van der Waals surface area contributed by atoms with Crippen molar-refractivity contribution in [3.63, 3.8) is 0 Å². The first-order chi connectivity index (χ1) is 13.9. The van der Waals surface area contributed by atoms with E-state index in [1.807, 2.05) is 12.1 Å². The van der Waals surface area contributed by atoms with Crippen LogP contribution in [0.15, 0.2) is 41.2 Å². The number of carbonyl (C=O) groups is 1. The van der Waals surface area contributed by atoms with E-state index in [4.69, 9.17) is 11.6 Å². The lowest BCUT2D eigenvalue weighted by molar-refractivity contribution is 0.262. The van der Waals surface area contributed by atoms with E-state index in [1.54, 1.807) is 47.5 Å². The average Bonchev–Trinajstić information content (AvgIpc) is 2.93. The van der Waals surface area contributed by atoms with Gasteiger partial charge in [-0.2, -0.15) is 0 Å². The number of nitrogens with one attached hydrogen (secondary N) is 2. The summed E-state index contributed by atoms with van der Waals surface area (Å²) in [7, 11) is 3.51. The van der Waals surface area contributed by atoms with E-state index in [0.717, 1.165) is 42.7 Å². The van der Waals surface area contributed by atoms with Crippen LogP contribution in [0.5, 0.6) is 0 Å². The van der Waals surface area contributed by atoms with Gasteiger partial charge in [0, 0.05) is 37.9 Å². The third kappa shape index (κ3) is 3.82. The predicted octanol–water partition coefficient (Wildman–Crippen LogP) is 4.16. The van der Waals surface area contributed by atoms with Crippen molar-refractivity contribution in [2.24, 2.45) is 14.1 Å². The van der Waals surface area contributed by atoms with Gasteiger partial charge in [0.2, 0.25) is 0 Å². The van der Waals surface area contributed by atoms with Gasteiger partial charge in [-0.1, -0.05) is 11.6 Å². The Balaban J connectivity index is 1.70. The van der Waals surface area contributed by atoms with Crippen molar-refractivity contribution in [2.45, 2.75) is 19.3 Å². The van der Waals surface area contributed by atoms with Gasteiger partial charge in [0.05, 0.1) is 22.4 Å². The van der Waals surface area contributed by atoms with Crippen LogP contribution in [0, 0.1) is 0 Å². The van der Waals surface area contributed by atoms with Gasteiger partial charge in [-0.15, -0.1) is 0 Å². The number of piperidine rings is 1. The molecule has 1 aliphatic heterocycles. The number of carbonyl (C=O) groups excluding carboxylic acids is 1. The second kappa shape index (κ2) is 7.83. The SMILES string of the molecule is Cn1c(=O)n(C)c2cc(N3CCCCC3)c(NC(=O)Nc3ccc(Cl)cc3)cc21. The minimum Gasteiger partial charge on any atom is -0.370 e. The molecule has 1 fully saturated rings. The van der Waals surface area contributed by atoms with E-state index in [9.17, 15) is 9.59 Å². The summed E-state index contributed by atoms with van der Waals surface area (Å²) in [6.45, 7) is 1.86. The normalized spacial score (nSPS) is 14.2. The summed E-state index contributed by atoms with van der Waals surface area (Å²) < 4.78 is 3.23. The summed E-state index contributed by atoms with van der Waals surface area (Å²) in [6.07, 6.45) is 3.44. The minimum absolute atomic E-state index is 0.0904. The maximum atomic E-state index is 12.6. The minimum atomic E-state index is -0.342. The van der Waals surface area contributed by atoms with Gasteiger partial charge in [-0.05, 0) is 55.7 Å². The lowest BCUT2D eigenvalue weighted by atomic mass is 10.1. The van der Waals surface area contributed by atoms with Crippen LogP contribution in [0.3, 0.4) is 0 Å². The molecule has 2 heterocycles. The fourth-order valence-corrected chi connectivity index (χ4v) is 3.97. The van der Waals surface area contributed by atoms with Crippen molar-refractivity contribution < 1.29 is 4.79 Å². The molecular formula is C21H24ClN5O2. The van der Waals surface area contributed by atoms with Crippen molar-refractivity contribution in [3.05, 3.63) is 51.9 Å². The van der Waals surface area contributed by atoms with Gasteiger partial charge in [0.15, 0.2) is 0 Å². The molecule has 1 aromatic heterocycles. The molecule has 0 saturated carbocycles. The van der Waals surface area contributed by atoms with Crippen LogP contribution in [0.25, 0.3) is 11.0 Å². The maximum Gasteiger partial charge on any atom is 0.328 e. The van der Waals surface area contributed by atoms with Crippen LogP contribution in [-0.4, -0.2) is 28.3 Å². The number of halogens is 1. The Hall–Kier alpha value is -2.93. The first-order valence-corrected chi connectivity index (χ1v) is 10.1. The van der Waals surface area contributed by atoms with Gasteiger partial charge in [-0.3, -0.25) is 9.13 Å². The highest BCUT2D eigenvalue weighted by Crippen LogP contribution is 2.33. The molecule has 0 bridgehead atoms. The molecule has 0 spiro atoms. The van der Waals surface area contributed by atoms with Gasteiger partial charge >= 0.3 is 11.7 Å². The Morgan fingerprint density at radius 3 is 2.21 bits per heavy atom. The molecule has 152 valence electrons. The van der Waals surface area contributed by atoms with E-state index in [1.165, 1.54) is 6.42 Å². The topological polar surface area (TPSA) is 71.3 Å². The van der Waals surface area contributed by atoms with Crippen molar-refractivity contribution >= 4 is 45.7 Å². The quantitative estimate of drug-likeness (QED) is 0.677. The molecule has 29 heavy (non-hydrogen) atoms. The first kappa shape index (κ1) is 19.4. The molecule has 3 aromatic rings. The van der Waals surface area contributed by atoms with E-state index < -0.39 is 0 Å². The highest BCUT2D eigenvalue weighted by molar-refractivity contribution is 6.30. The maximum absolute atomic E-state index is 12.6. The molecule has 8 heteroatoms. The van der Waals surface area contributed by atoms with E-state index >= 15 is 0 Å². The molecule has 2 aromatic carbocycles. The third-order valence-electron chi connectivity index (χ3n) is 5.44. The molecule has 2 amide bonds. The molecule has 2 N–H and O–H groups in total. The van der Waals surface area contributed by atoms with Crippen LogP contribution in [0.4, 0.5) is 21.9 Å². The highest BCUT2D eigenvalue weighted by Gasteiger charge is 2.20. The Morgan fingerprint density at radius 2 is 1.55 bits per heavy atom. The van der Waals surface area contributed by atoms with E-state index in [0.29, 0.717) is 16.4 Å². The second-order valence-electron chi connectivity index (χ2n) is 7.39. The number of aryl methyl sites for hydroxylation is 2. The van der Waals surface area contributed by atoms with Crippen molar-refractivity contribution in [1.29, 1.82) is 0 Å². The summed E-state index contributed by atoms with van der Waals surface area (Å²) in [5.41, 5.74) is 3.81. The zero-order valence-corrected chi connectivity index (χ0v) is 17.3. The molecule has 0 radical (unpaired) electrons. The third-order valence-corrected chi connectivity index (χ3v) is 5.69. The Bertz CT molecular complexity index is 1110. The number of hydrogen-bond acceptors (Lipinski definition) is 3. The summed E-state index contributed by atoms with van der Waals surface area (Å²) >= 11 is 5.91. The molecule has 1 saturated heterocycles. The molecular weight excluding hydrogens is 390 g/mol. The van der Waals surface area contributed by atoms with E-state index in [-0.39, 0.29) is 11.7 Å². The summed E-state index contributed by atoms with van der Waals surface area (Å²) in [5, 5.41) is 6.41. The van der Waals surface area contributed by atoms with Gasteiger partial charge in [-0.25, -0.2) is 9.59 Å². The zero-order valence-electron chi connectivity index (χ0n) is 16.5. The van der Waals surface area contributed by atoms with Crippen LogP contribution >= 0.6 is 11.6 Å². The zero-order chi connectivity index (χ0) is 20.5. The molecule has 4 rings (SSSR count). The predicted molar refractivity (Wildman–Crippen MR) is 118 cm³/mol. The average molecular weight is 414 g/mol. The molecule has 0 atom stereocenters. The molecule has 0 unspecified atom stereocenters. The van der Waals surface area contributed by atoms with Crippen LogP contribution in [-0.2, 0) is 14.1 Å². The van der Waals surface area contributed by atoms with Crippen molar-refractivity contribution in [1.82, 2.24) is 9.13 Å². The summed E-state index contributed by atoms with van der Waals surface area (Å²) in [5.74, 6) is 0. The number of imidazole rings is 1. The van der Waals surface area contributed by atoms with Gasteiger partial charge < -0.3 is 15.5 Å². The van der Waals surface area contributed by atoms with E-state index in [2.05, 4.69) is 15.5 Å². The Morgan fingerprint density at radius 1 is 0.931 bits per heavy atom. The van der Waals surface area contributed by atoms with Gasteiger partial charge in [0.25, 0.3) is 0 Å². The highest BCUT2D eigenvalue weighted by atomic mass is 35.5. The Kier molecular flexibility index (Phi) is 5.24. The lowest BCUT2D eigenvalue weighted by Gasteiger charge is -2.30. The number of urea groups is 1. The molecule has 1 aliphatic rings. The standard InChI is InChI=1S/C21H24ClN5O2/c1-25-18-12-16(24-20(28)23-15-8-6-14(22)7-9-15)17(27-10-4-3-5-11-27)13-19(18)26(2)21(25)29/h6-9,12-13H,3-5,10-11H2,1-2H3,(H2,23,24,28). The van der Waals surface area contributed by atoms with Crippen molar-refractivity contribution in [3.8, 4) is 0 Å². The smallest absolute Gasteiger partial charge is 0.328 e. The largest absolute Gasteiger partial charge is 0.370 e. The van der Waals surface area contributed by atoms with Crippen LogP contribution in [0.2, 0.25) is 5.02 Å². The van der Waals surface area contributed by atoms with Gasteiger partial charge in [0.1, 0.15) is 0 Å².